The zero-order valence-corrected chi connectivity index (χ0v) is 16.7. The minimum Gasteiger partial charge on any atom is -0.489 e. The zero-order chi connectivity index (χ0) is 20.2. The summed E-state index contributed by atoms with van der Waals surface area (Å²) in [7, 11) is 0. The molecule has 5 heteroatoms. The Morgan fingerprint density at radius 1 is 1.17 bits per heavy atom. The Morgan fingerprint density at radius 3 is 2.76 bits per heavy atom. The molecule has 2 aromatic carbocycles. The number of carboxylic acid groups (broad SMARTS) is 1. The number of benzene rings is 2. The van der Waals surface area contributed by atoms with Crippen LogP contribution in [0.2, 0.25) is 0 Å². The second-order valence-electron chi connectivity index (χ2n) is 7.80. The number of hydrogen-bond donors (Lipinski definition) is 2. The van der Waals surface area contributed by atoms with Gasteiger partial charge in [-0.1, -0.05) is 18.2 Å². The summed E-state index contributed by atoms with van der Waals surface area (Å²) in [6.07, 6.45) is 2.82. The van der Waals surface area contributed by atoms with Crippen LogP contribution in [0.15, 0.2) is 42.5 Å². The normalized spacial score (nSPS) is 14.9. The average Bonchev–Trinajstić information content (AvgIpc) is 3.14. The predicted octanol–water partition coefficient (Wildman–Crippen LogP) is 4.97. The third-order valence-corrected chi connectivity index (χ3v) is 5.66. The summed E-state index contributed by atoms with van der Waals surface area (Å²) in [6, 6.07) is 14.6. The molecule has 3 aromatic rings. The molecule has 2 N–H and O–H groups in total. The van der Waals surface area contributed by atoms with Gasteiger partial charge in [0.25, 0.3) is 0 Å². The molecule has 1 fully saturated rings. The smallest absolute Gasteiger partial charge is 0.303 e. The van der Waals surface area contributed by atoms with Gasteiger partial charge in [0.2, 0.25) is 0 Å². The number of aromatic amines is 1. The molecule has 0 saturated carbocycles. The lowest BCUT2D eigenvalue weighted by Crippen LogP contribution is -2.15. The first-order valence-electron chi connectivity index (χ1n) is 10.2. The Labute approximate surface area is 170 Å². The highest BCUT2D eigenvalue weighted by Crippen LogP contribution is 2.30. The van der Waals surface area contributed by atoms with Crippen LogP contribution in [0.25, 0.3) is 10.9 Å². The molecular weight excluding hydrogens is 366 g/mol. The topological polar surface area (TPSA) is 71.6 Å². The molecule has 2 heterocycles. The lowest BCUT2D eigenvalue weighted by Gasteiger charge is -2.24. The molecule has 5 nitrogen and oxygen atoms in total. The first-order chi connectivity index (χ1) is 14.1. The second kappa shape index (κ2) is 8.70. The molecule has 152 valence electrons. The van der Waals surface area contributed by atoms with Crippen molar-refractivity contribution in [2.45, 2.75) is 45.1 Å². The zero-order valence-electron chi connectivity index (χ0n) is 16.7. The molecule has 0 unspecified atom stereocenters. The van der Waals surface area contributed by atoms with Crippen molar-refractivity contribution < 1.29 is 19.4 Å². The summed E-state index contributed by atoms with van der Waals surface area (Å²) in [5, 5.41) is 9.88. The minimum absolute atomic E-state index is 0.124. The molecule has 29 heavy (non-hydrogen) atoms. The summed E-state index contributed by atoms with van der Waals surface area (Å²) < 4.78 is 11.5. The molecule has 1 aromatic heterocycles. The maximum absolute atomic E-state index is 10.8. The number of H-pyrrole nitrogens is 1. The van der Waals surface area contributed by atoms with E-state index in [0.29, 0.717) is 18.9 Å². The number of rotatable bonds is 7. The third kappa shape index (κ3) is 4.80. The largest absolute Gasteiger partial charge is 0.489 e. The van der Waals surface area contributed by atoms with Crippen LogP contribution in [0.5, 0.6) is 5.75 Å². The van der Waals surface area contributed by atoms with E-state index in [1.54, 1.807) is 0 Å². The average molecular weight is 393 g/mol. The Kier molecular flexibility index (Phi) is 5.86. The maximum Gasteiger partial charge on any atom is 0.303 e. The van der Waals surface area contributed by atoms with Gasteiger partial charge in [0.15, 0.2) is 0 Å². The fraction of sp³-hybridized carbons (Fsp3) is 0.375. The van der Waals surface area contributed by atoms with E-state index < -0.39 is 5.97 Å². The summed E-state index contributed by atoms with van der Waals surface area (Å²) >= 11 is 0. The molecule has 1 aliphatic rings. The van der Waals surface area contributed by atoms with Crippen LogP contribution < -0.4 is 4.74 Å². The fourth-order valence-corrected chi connectivity index (χ4v) is 4.10. The van der Waals surface area contributed by atoms with E-state index >= 15 is 0 Å². The molecule has 0 amide bonds. The minimum atomic E-state index is -0.786. The molecule has 1 saturated heterocycles. The molecule has 0 radical (unpaired) electrons. The number of hydrogen-bond acceptors (Lipinski definition) is 3. The molecule has 0 spiro atoms. The molecular formula is C24H27NO4. The SMILES string of the molecule is Cc1cc(COc2ccc3[nH]c(CCC(=O)O)cc3c2)ccc1C1CCOCC1. The van der Waals surface area contributed by atoms with E-state index in [1.807, 2.05) is 24.3 Å². The van der Waals surface area contributed by atoms with Crippen molar-refractivity contribution in [1.29, 1.82) is 0 Å². The second-order valence-corrected chi connectivity index (χ2v) is 7.80. The van der Waals surface area contributed by atoms with Crippen LogP contribution in [-0.4, -0.2) is 29.3 Å². The van der Waals surface area contributed by atoms with Gasteiger partial charge in [-0.15, -0.1) is 0 Å². The summed E-state index contributed by atoms with van der Waals surface area (Å²) in [6.45, 7) is 4.42. The summed E-state index contributed by atoms with van der Waals surface area (Å²) in [5.41, 5.74) is 5.84. The highest BCUT2D eigenvalue weighted by atomic mass is 16.5. The number of aromatic nitrogens is 1. The number of ether oxygens (including phenoxy) is 2. The highest BCUT2D eigenvalue weighted by molar-refractivity contribution is 5.82. The summed E-state index contributed by atoms with van der Waals surface area (Å²) in [4.78, 5) is 14.0. The van der Waals surface area contributed by atoms with Crippen LogP contribution in [0, 0.1) is 6.92 Å². The number of nitrogens with one attached hydrogen (secondary N) is 1. The van der Waals surface area contributed by atoms with Crippen molar-refractivity contribution >= 4 is 16.9 Å². The van der Waals surface area contributed by atoms with Crippen LogP contribution in [0.1, 0.15) is 47.6 Å². The molecule has 0 atom stereocenters. The summed E-state index contributed by atoms with van der Waals surface area (Å²) in [5.74, 6) is 0.628. The van der Waals surface area contributed by atoms with Crippen molar-refractivity contribution in [3.63, 3.8) is 0 Å². The Balaban J connectivity index is 1.41. The van der Waals surface area contributed by atoms with Gasteiger partial charge in [-0.05, 0) is 73.1 Å². The van der Waals surface area contributed by atoms with E-state index in [0.717, 1.165) is 54.0 Å². The van der Waals surface area contributed by atoms with Gasteiger partial charge in [-0.2, -0.15) is 0 Å². The number of aliphatic carboxylic acids is 1. The van der Waals surface area contributed by atoms with E-state index in [-0.39, 0.29) is 6.42 Å². The Morgan fingerprint density at radius 2 is 2.00 bits per heavy atom. The number of fused-ring (bicyclic) bond motifs is 1. The van der Waals surface area contributed by atoms with E-state index in [1.165, 1.54) is 11.1 Å². The van der Waals surface area contributed by atoms with Crippen LogP contribution in [0.4, 0.5) is 0 Å². The van der Waals surface area contributed by atoms with Crippen molar-refractivity contribution in [2.24, 2.45) is 0 Å². The third-order valence-electron chi connectivity index (χ3n) is 5.66. The fourth-order valence-electron chi connectivity index (χ4n) is 4.10. The van der Waals surface area contributed by atoms with Crippen LogP contribution >= 0.6 is 0 Å². The van der Waals surface area contributed by atoms with Crippen LogP contribution in [0.3, 0.4) is 0 Å². The van der Waals surface area contributed by atoms with Crippen LogP contribution in [-0.2, 0) is 22.6 Å². The predicted molar refractivity (Wildman–Crippen MR) is 113 cm³/mol. The molecule has 0 bridgehead atoms. The lowest BCUT2D eigenvalue weighted by atomic mass is 9.88. The Hall–Kier alpha value is -2.79. The number of aryl methyl sites for hydroxylation is 2. The van der Waals surface area contributed by atoms with Gasteiger partial charge in [-0.25, -0.2) is 0 Å². The number of carboxylic acids is 1. The first kappa shape index (κ1) is 19.5. The monoisotopic (exact) mass is 393 g/mol. The van der Waals surface area contributed by atoms with Gasteiger partial charge in [0.1, 0.15) is 12.4 Å². The van der Waals surface area contributed by atoms with E-state index in [2.05, 4.69) is 30.1 Å². The van der Waals surface area contributed by atoms with Gasteiger partial charge in [0.05, 0.1) is 6.42 Å². The van der Waals surface area contributed by atoms with Gasteiger partial charge in [-0.3, -0.25) is 4.79 Å². The first-order valence-corrected chi connectivity index (χ1v) is 10.2. The van der Waals surface area contributed by atoms with Crippen molar-refractivity contribution in [2.75, 3.05) is 13.2 Å². The molecule has 1 aliphatic heterocycles. The standard InChI is InChI=1S/C24H27NO4/c1-16-12-17(2-5-22(16)18-8-10-28-11-9-18)15-29-21-4-6-23-19(14-21)13-20(25-23)3-7-24(26)27/h2,4-6,12-14,18,25H,3,7-11,15H2,1H3,(H,26,27). The van der Waals surface area contributed by atoms with E-state index in [4.69, 9.17) is 14.6 Å². The number of carbonyl (C=O) groups is 1. The van der Waals surface area contributed by atoms with Crippen molar-refractivity contribution in [3.05, 3.63) is 64.8 Å². The molecule has 0 aliphatic carbocycles. The highest BCUT2D eigenvalue weighted by Gasteiger charge is 2.17. The lowest BCUT2D eigenvalue weighted by molar-refractivity contribution is -0.136. The molecule has 4 rings (SSSR count). The van der Waals surface area contributed by atoms with Crippen molar-refractivity contribution in [1.82, 2.24) is 4.98 Å². The van der Waals surface area contributed by atoms with E-state index in [9.17, 15) is 4.79 Å². The van der Waals surface area contributed by atoms with Gasteiger partial charge in [0, 0.05) is 29.8 Å². The van der Waals surface area contributed by atoms with Gasteiger partial charge < -0.3 is 19.6 Å². The quantitative estimate of drug-likeness (QED) is 0.595. The van der Waals surface area contributed by atoms with Crippen molar-refractivity contribution in [3.8, 4) is 5.75 Å². The van der Waals surface area contributed by atoms with Gasteiger partial charge >= 0.3 is 5.97 Å². The Bertz CT molecular complexity index is 1000. The maximum atomic E-state index is 10.8.